The van der Waals surface area contributed by atoms with Crippen LogP contribution >= 0.6 is 11.3 Å². The summed E-state index contributed by atoms with van der Waals surface area (Å²) in [5.41, 5.74) is 4.97. The van der Waals surface area contributed by atoms with Crippen molar-refractivity contribution in [3.63, 3.8) is 0 Å². The van der Waals surface area contributed by atoms with Crippen LogP contribution in [-0.2, 0) is 19.7 Å². The number of hydrogen-bond donors (Lipinski definition) is 0. The van der Waals surface area contributed by atoms with Gasteiger partial charge in [0.05, 0.1) is 11.5 Å². The van der Waals surface area contributed by atoms with Gasteiger partial charge in [0.15, 0.2) is 6.79 Å². The van der Waals surface area contributed by atoms with Crippen LogP contribution < -0.4 is 0 Å². The van der Waals surface area contributed by atoms with Gasteiger partial charge in [-0.1, -0.05) is 90.6 Å². The van der Waals surface area contributed by atoms with E-state index in [1.54, 1.807) is 6.07 Å². The summed E-state index contributed by atoms with van der Waals surface area (Å²) in [4.78, 5) is 39.8. The van der Waals surface area contributed by atoms with E-state index in [2.05, 4.69) is 26.0 Å². The van der Waals surface area contributed by atoms with Gasteiger partial charge in [-0.2, -0.15) is 0 Å². The highest BCUT2D eigenvalue weighted by molar-refractivity contribution is 7.12. The number of esters is 1. The van der Waals surface area contributed by atoms with Crippen LogP contribution in [0.3, 0.4) is 0 Å². The largest absolute Gasteiger partial charge is 0.432 e. The van der Waals surface area contributed by atoms with E-state index in [0.29, 0.717) is 17.7 Å². The summed E-state index contributed by atoms with van der Waals surface area (Å²) in [5.74, 6) is -1.56. The summed E-state index contributed by atoms with van der Waals surface area (Å²) in [6.07, 6.45) is 5.90. The second-order valence-corrected chi connectivity index (χ2v) is 12.9. The number of carbonyl (C=O) groups is 3. The van der Waals surface area contributed by atoms with E-state index in [1.807, 2.05) is 56.5 Å². The molecule has 1 aliphatic carbocycles. The topological polar surface area (TPSA) is 69.7 Å². The Kier molecular flexibility index (Phi) is 9.42. The first-order valence-electron chi connectivity index (χ1n) is 14.3. The van der Waals surface area contributed by atoms with Crippen molar-refractivity contribution in [2.75, 3.05) is 13.4 Å². The maximum absolute atomic E-state index is 13.3. The van der Waals surface area contributed by atoms with E-state index in [4.69, 9.17) is 9.47 Å². The molecule has 0 unspecified atom stereocenters. The molecule has 0 aliphatic heterocycles. The minimum Gasteiger partial charge on any atom is -0.432 e. The molecule has 0 bridgehead atoms. The summed E-state index contributed by atoms with van der Waals surface area (Å²) in [5, 5.41) is 1.92. The summed E-state index contributed by atoms with van der Waals surface area (Å²) < 4.78 is 10.6. The normalized spacial score (nSPS) is 13.5. The summed E-state index contributed by atoms with van der Waals surface area (Å²) in [6, 6.07) is 15.3. The molecule has 212 valence electrons. The predicted molar refractivity (Wildman–Crippen MR) is 160 cm³/mol. The molecule has 2 aromatic carbocycles. The van der Waals surface area contributed by atoms with Crippen LogP contribution in [0.2, 0.25) is 0 Å². The van der Waals surface area contributed by atoms with Gasteiger partial charge >= 0.3 is 5.97 Å². The lowest BCUT2D eigenvalue weighted by Crippen LogP contribution is -2.27. The number of fused-ring (bicyclic) bond motifs is 3. The Hall–Kier alpha value is -3.09. The Labute approximate surface area is 241 Å². The van der Waals surface area contributed by atoms with Crippen LogP contribution in [0.5, 0.6) is 0 Å². The molecule has 3 aromatic rings. The van der Waals surface area contributed by atoms with Gasteiger partial charge in [0, 0.05) is 16.5 Å². The second-order valence-electron chi connectivity index (χ2n) is 11.9. The van der Waals surface area contributed by atoms with Crippen molar-refractivity contribution in [2.24, 2.45) is 5.41 Å². The van der Waals surface area contributed by atoms with Crippen LogP contribution in [0, 0.1) is 5.41 Å². The molecule has 0 fully saturated rings. The third kappa shape index (κ3) is 6.29. The monoisotopic (exact) mass is 560 g/mol. The fourth-order valence-electron chi connectivity index (χ4n) is 5.57. The lowest BCUT2D eigenvalue weighted by atomic mass is 9.70. The van der Waals surface area contributed by atoms with Gasteiger partial charge < -0.3 is 9.47 Å². The standard InChI is InChI=1S/C34H40O5S/c1-6-8-16-34(17-9-7-2)27-19-23(30(35)29-11-10-18-40-29)12-14-25(27)26-15-13-24(20-28(26)34)31(36)32(37)39-22-38-21-33(3,4)5/h10-15,18-20H,6-9,16-17,21-22H2,1-5H3. The molecule has 6 heteroatoms. The summed E-state index contributed by atoms with van der Waals surface area (Å²) in [6.45, 7) is 10.6. The first-order chi connectivity index (χ1) is 19.1. The van der Waals surface area contributed by atoms with Crippen LogP contribution in [-0.4, -0.2) is 30.9 Å². The van der Waals surface area contributed by atoms with E-state index in [0.717, 1.165) is 65.7 Å². The van der Waals surface area contributed by atoms with Crippen molar-refractivity contribution < 1.29 is 23.9 Å². The number of Topliss-reactive ketones (excluding diaryl/α,β-unsaturated/α-hetero) is 1. The average molecular weight is 561 g/mol. The first kappa shape index (κ1) is 29.9. The van der Waals surface area contributed by atoms with Gasteiger partial charge in [0.25, 0.3) is 5.78 Å². The molecule has 5 nitrogen and oxygen atoms in total. The van der Waals surface area contributed by atoms with Crippen LogP contribution in [0.4, 0.5) is 0 Å². The average Bonchev–Trinajstić information content (AvgIpc) is 3.57. The van der Waals surface area contributed by atoms with Crippen LogP contribution in [0.1, 0.15) is 110 Å². The van der Waals surface area contributed by atoms with Gasteiger partial charge in [0.2, 0.25) is 5.78 Å². The second kappa shape index (κ2) is 12.6. The Balaban J connectivity index is 1.71. The van der Waals surface area contributed by atoms with Crippen molar-refractivity contribution in [2.45, 2.75) is 78.6 Å². The molecule has 0 atom stereocenters. The molecule has 0 spiro atoms. The van der Waals surface area contributed by atoms with Gasteiger partial charge in [-0.15, -0.1) is 11.3 Å². The van der Waals surface area contributed by atoms with Crippen molar-refractivity contribution in [3.8, 4) is 11.1 Å². The Morgan fingerprint density at radius 1 is 0.850 bits per heavy atom. The number of unbranched alkanes of at least 4 members (excludes halogenated alkanes) is 2. The third-order valence-corrected chi connectivity index (χ3v) is 8.41. The summed E-state index contributed by atoms with van der Waals surface area (Å²) >= 11 is 1.45. The van der Waals surface area contributed by atoms with Crippen molar-refractivity contribution in [3.05, 3.63) is 81.0 Å². The third-order valence-electron chi connectivity index (χ3n) is 7.54. The highest BCUT2D eigenvalue weighted by Crippen LogP contribution is 2.54. The van der Waals surface area contributed by atoms with E-state index < -0.39 is 11.8 Å². The predicted octanol–water partition coefficient (Wildman–Crippen LogP) is 8.37. The van der Waals surface area contributed by atoms with Crippen LogP contribution in [0.25, 0.3) is 11.1 Å². The van der Waals surface area contributed by atoms with Gasteiger partial charge in [0.1, 0.15) is 0 Å². The zero-order valence-corrected chi connectivity index (χ0v) is 25.1. The molecular weight excluding hydrogens is 520 g/mol. The maximum Gasteiger partial charge on any atom is 0.381 e. The molecule has 0 saturated heterocycles. The minimum atomic E-state index is -0.916. The number of thiophene rings is 1. The number of ketones is 2. The Morgan fingerprint density at radius 3 is 2.00 bits per heavy atom. The maximum atomic E-state index is 13.3. The van der Waals surface area contributed by atoms with Gasteiger partial charge in [-0.3, -0.25) is 9.59 Å². The van der Waals surface area contributed by atoms with E-state index in [9.17, 15) is 14.4 Å². The molecule has 1 heterocycles. The number of benzene rings is 2. The number of rotatable bonds is 13. The smallest absolute Gasteiger partial charge is 0.381 e. The molecule has 1 aliphatic rings. The first-order valence-corrected chi connectivity index (χ1v) is 15.2. The Bertz CT molecular complexity index is 1360. The van der Waals surface area contributed by atoms with Crippen LogP contribution in [0.15, 0.2) is 53.9 Å². The van der Waals surface area contributed by atoms with Gasteiger partial charge in [-0.05, 0) is 64.1 Å². The number of carbonyl (C=O) groups excluding carboxylic acids is 3. The molecule has 4 rings (SSSR count). The van der Waals surface area contributed by atoms with E-state index in [1.165, 1.54) is 11.3 Å². The highest BCUT2D eigenvalue weighted by Gasteiger charge is 2.43. The molecule has 0 radical (unpaired) electrons. The Morgan fingerprint density at radius 2 is 1.45 bits per heavy atom. The van der Waals surface area contributed by atoms with Gasteiger partial charge in [-0.25, -0.2) is 4.79 Å². The molecule has 0 saturated carbocycles. The summed E-state index contributed by atoms with van der Waals surface area (Å²) in [7, 11) is 0. The zero-order valence-electron chi connectivity index (χ0n) is 24.3. The lowest BCUT2D eigenvalue weighted by Gasteiger charge is -2.33. The molecule has 0 amide bonds. The molecule has 0 N–H and O–H groups in total. The van der Waals surface area contributed by atoms with Crippen molar-refractivity contribution in [1.82, 2.24) is 0 Å². The van der Waals surface area contributed by atoms with E-state index >= 15 is 0 Å². The molecular formula is C34H40O5S. The number of ether oxygens (including phenoxy) is 2. The SMILES string of the molecule is CCCCC1(CCCC)c2cc(C(=O)C(=O)OCOCC(C)(C)C)ccc2-c2ccc(C(=O)c3cccs3)cc21. The number of hydrogen-bond acceptors (Lipinski definition) is 6. The van der Waals surface area contributed by atoms with E-state index in [-0.39, 0.29) is 23.4 Å². The molecule has 40 heavy (non-hydrogen) atoms. The lowest BCUT2D eigenvalue weighted by molar-refractivity contribution is -0.152. The fraction of sp³-hybridized carbons (Fsp3) is 0.441. The van der Waals surface area contributed by atoms with Crippen molar-refractivity contribution >= 4 is 28.9 Å². The quantitative estimate of drug-likeness (QED) is 0.0690. The molecule has 1 aromatic heterocycles. The highest BCUT2D eigenvalue weighted by atomic mass is 32.1. The zero-order chi connectivity index (χ0) is 28.9. The minimum absolute atomic E-state index is 0.0286. The fourth-order valence-corrected chi connectivity index (χ4v) is 6.26. The van der Waals surface area contributed by atoms with Crippen molar-refractivity contribution in [1.29, 1.82) is 0 Å².